The Kier molecular flexibility index (Phi) is 4.01. The molecule has 0 bridgehead atoms. The van der Waals surface area contributed by atoms with E-state index in [1.807, 2.05) is 0 Å². The van der Waals surface area contributed by atoms with E-state index in [2.05, 4.69) is 0 Å². The van der Waals surface area contributed by atoms with Gasteiger partial charge < -0.3 is 0 Å². The molecule has 1 rings (SSSR count). The van der Waals surface area contributed by atoms with Crippen LogP contribution in [0.1, 0.15) is 12.0 Å². The van der Waals surface area contributed by atoms with Crippen LogP contribution >= 0.6 is 11.6 Å². The standard InChI is InChI=1S/C10H8ClF3/c11-4-2-1-3-8-9(13)5-7(12)6-10(8)14/h1,3,5-6H,2,4H2. The quantitative estimate of drug-likeness (QED) is 0.681. The van der Waals surface area contributed by atoms with Crippen LogP contribution in [0.2, 0.25) is 0 Å². The van der Waals surface area contributed by atoms with Gasteiger partial charge >= 0.3 is 0 Å². The predicted octanol–water partition coefficient (Wildman–Crippen LogP) is 3.75. The second-order valence-corrected chi connectivity index (χ2v) is 3.04. The molecule has 0 saturated heterocycles. The van der Waals surface area contributed by atoms with Crippen molar-refractivity contribution >= 4 is 17.7 Å². The molecule has 0 radical (unpaired) electrons. The van der Waals surface area contributed by atoms with Crippen molar-refractivity contribution in [2.45, 2.75) is 6.42 Å². The van der Waals surface area contributed by atoms with Gasteiger partial charge in [-0.2, -0.15) is 0 Å². The fraction of sp³-hybridized carbons (Fsp3) is 0.200. The summed E-state index contributed by atoms with van der Waals surface area (Å²) in [5, 5.41) is 0. The van der Waals surface area contributed by atoms with E-state index in [1.165, 1.54) is 12.2 Å². The van der Waals surface area contributed by atoms with Crippen molar-refractivity contribution in [1.82, 2.24) is 0 Å². The largest absolute Gasteiger partial charge is 0.207 e. The Hall–Kier alpha value is -0.960. The molecule has 0 atom stereocenters. The minimum atomic E-state index is -0.922. The molecular formula is C10H8ClF3. The number of allylic oxidation sites excluding steroid dienone is 1. The van der Waals surface area contributed by atoms with Crippen molar-refractivity contribution in [2.24, 2.45) is 0 Å². The molecule has 0 aromatic heterocycles. The van der Waals surface area contributed by atoms with Gasteiger partial charge in [0, 0.05) is 23.6 Å². The second kappa shape index (κ2) is 5.05. The Morgan fingerprint density at radius 1 is 1.14 bits per heavy atom. The van der Waals surface area contributed by atoms with Gasteiger partial charge in [0.15, 0.2) is 0 Å². The minimum absolute atomic E-state index is 0.239. The summed E-state index contributed by atoms with van der Waals surface area (Å²) in [6.45, 7) is 0. The molecule has 0 fully saturated rings. The summed E-state index contributed by atoms with van der Waals surface area (Å²) in [4.78, 5) is 0. The minimum Gasteiger partial charge on any atom is -0.207 e. The fourth-order valence-electron chi connectivity index (χ4n) is 0.977. The molecule has 0 saturated carbocycles. The van der Waals surface area contributed by atoms with Crippen LogP contribution in [0.25, 0.3) is 6.08 Å². The lowest BCUT2D eigenvalue weighted by Crippen LogP contribution is -1.90. The highest BCUT2D eigenvalue weighted by atomic mass is 35.5. The number of halogens is 4. The van der Waals surface area contributed by atoms with Gasteiger partial charge in [-0.1, -0.05) is 12.2 Å². The molecule has 0 heterocycles. The molecule has 0 spiro atoms. The number of benzene rings is 1. The summed E-state index contributed by atoms with van der Waals surface area (Å²) in [7, 11) is 0. The molecule has 0 aliphatic carbocycles. The lowest BCUT2D eigenvalue weighted by molar-refractivity contribution is 0.540. The van der Waals surface area contributed by atoms with Crippen LogP contribution in [0.4, 0.5) is 13.2 Å². The summed E-state index contributed by atoms with van der Waals surface area (Å²) in [6.07, 6.45) is 3.30. The average molecular weight is 221 g/mol. The maximum Gasteiger partial charge on any atom is 0.136 e. The van der Waals surface area contributed by atoms with E-state index in [0.29, 0.717) is 24.4 Å². The smallest absolute Gasteiger partial charge is 0.136 e. The van der Waals surface area contributed by atoms with Gasteiger partial charge in [-0.05, 0) is 6.42 Å². The zero-order valence-corrected chi connectivity index (χ0v) is 7.99. The summed E-state index contributed by atoms with van der Waals surface area (Å²) < 4.78 is 38.4. The van der Waals surface area contributed by atoms with Crippen molar-refractivity contribution in [1.29, 1.82) is 0 Å². The fourth-order valence-corrected chi connectivity index (χ4v) is 1.10. The highest BCUT2D eigenvalue weighted by molar-refractivity contribution is 6.17. The Balaban J connectivity index is 2.96. The first kappa shape index (κ1) is 11.1. The van der Waals surface area contributed by atoms with E-state index in [4.69, 9.17) is 11.6 Å². The molecule has 76 valence electrons. The molecule has 0 N–H and O–H groups in total. The van der Waals surface area contributed by atoms with Crippen molar-refractivity contribution in [3.05, 3.63) is 41.2 Å². The number of rotatable bonds is 3. The van der Waals surface area contributed by atoms with Crippen LogP contribution in [-0.2, 0) is 0 Å². The van der Waals surface area contributed by atoms with Gasteiger partial charge in [0.25, 0.3) is 0 Å². The Labute approximate surface area is 85.0 Å². The van der Waals surface area contributed by atoms with E-state index in [1.54, 1.807) is 0 Å². The third-order valence-corrected chi connectivity index (χ3v) is 1.82. The lowest BCUT2D eigenvalue weighted by Gasteiger charge is -1.99. The van der Waals surface area contributed by atoms with Gasteiger partial charge in [-0.3, -0.25) is 0 Å². The number of hydrogen-bond acceptors (Lipinski definition) is 0. The van der Waals surface area contributed by atoms with Crippen molar-refractivity contribution < 1.29 is 13.2 Å². The van der Waals surface area contributed by atoms with E-state index in [0.717, 1.165) is 0 Å². The molecular weight excluding hydrogens is 213 g/mol. The van der Waals surface area contributed by atoms with Crippen LogP contribution in [0.5, 0.6) is 0 Å². The van der Waals surface area contributed by atoms with Crippen LogP contribution in [-0.4, -0.2) is 5.88 Å². The summed E-state index contributed by atoms with van der Waals surface area (Å²) in [5.74, 6) is -2.36. The maximum atomic E-state index is 13.0. The second-order valence-electron chi connectivity index (χ2n) is 2.66. The Bertz CT molecular complexity index is 324. The van der Waals surface area contributed by atoms with Crippen molar-refractivity contribution in [3.8, 4) is 0 Å². The molecule has 0 aliphatic rings. The number of hydrogen-bond donors (Lipinski definition) is 0. The predicted molar refractivity (Wildman–Crippen MR) is 50.7 cm³/mol. The average Bonchev–Trinajstić information content (AvgIpc) is 2.09. The highest BCUT2D eigenvalue weighted by Crippen LogP contribution is 2.16. The SMILES string of the molecule is Fc1cc(F)c(C=CCCCl)c(F)c1. The third-order valence-electron chi connectivity index (χ3n) is 1.60. The molecule has 14 heavy (non-hydrogen) atoms. The summed E-state index contributed by atoms with van der Waals surface area (Å²) >= 11 is 5.37. The highest BCUT2D eigenvalue weighted by Gasteiger charge is 2.07. The topological polar surface area (TPSA) is 0 Å². The van der Waals surface area contributed by atoms with Gasteiger partial charge in [-0.25, -0.2) is 13.2 Å². The van der Waals surface area contributed by atoms with Gasteiger partial charge in [0.05, 0.1) is 0 Å². The summed E-state index contributed by atoms with van der Waals surface area (Å²) in [5.41, 5.74) is -0.239. The van der Waals surface area contributed by atoms with Crippen LogP contribution in [0.15, 0.2) is 18.2 Å². The first-order valence-corrected chi connectivity index (χ1v) is 4.55. The van der Waals surface area contributed by atoms with Gasteiger partial charge in [0.2, 0.25) is 0 Å². The van der Waals surface area contributed by atoms with E-state index < -0.39 is 17.5 Å². The molecule has 1 aromatic carbocycles. The first-order chi connectivity index (χ1) is 6.65. The molecule has 0 amide bonds. The van der Waals surface area contributed by atoms with Crippen LogP contribution < -0.4 is 0 Å². The van der Waals surface area contributed by atoms with Crippen LogP contribution in [0, 0.1) is 17.5 Å². The van der Waals surface area contributed by atoms with E-state index >= 15 is 0 Å². The van der Waals surface area contributed by atoms with Crippen molar-refractivity contribution in [3.63, 3.8) is 0 Å². The molecule has 4 heteroatoms. The van der Waals surface area contributed by atoms with Crippen LogP contribution in [0.3, 0.4) is 0 Å². The molecule has 0 nitrogen and oxygen atoms in total. The summed E-state index contributed by atoms with van der Waals surface area (Å²) in [6, 6.07) is 1.28. The normalized spacial score (nSPS) is 11.1. The Morgan fingerprint density at radius 3 is 2.21 bits per heavy atom. The van der Waals surface area contributed by atoms with Gasteiger partial charge in [0.1, 0.15) is 17.5 Å². The molecule has 0 aliphatic heterocycles. The first-order valence-electron chi connectivity index (χ1n) is 4.02. The van der Waals surface area contributed by atoms with E-state index in [9.17, 15) is 13.2 Å². The number of alkyl halides is 1. The van der Waals surface area contributed by atoms with E-state index in [-0.39, 0.29) is 5.56 Å². The molecule has 0 unspecified atom stereocenters. The Morgan fingerprint density at radius 2 is 1.71 bits per heavy atom. The maximum absolute atomic E-state index is 13.0. The molecule has 1 aromatic rings. The monoisotopic (exact) mass is 220 g/mol. The van der Waals surface area contributed by atoms with Gasteiger partial charge in [-0.15, -0.1) is 11.6 Å². The zero-order valence-electron chi connectivity index (χ0n) is 7.24. The third kappa shape index (κ3) is 2.77. The lowest BCUT2D eigenvalue weighted by atomic mass is 10.1. The van der Waals surface area contributed by atoms with Crippen molar-refractivity contribution in [2.75, 3.05) is 5.88 Å². The zero-order chi connectivity index (χ0) is 10.6.